The Morgan fingerprint density at radius 3 is 2.62 bits per heavy atom. The minimum absolute atomic E-state index is 0.0297. The molecule has 3 aliphatic carbocycles. The Bertz CT molecular complexity index is 1070. The summed E-state index contributed by atoms with van der Waals surface area (Å²) in [4.78, 5) is 49.0. The lowest BCUT2D eigenvalue weighted by molar-refractivity contribution is -0.199. The number of hydrogen-bond donors (Lipinski definition) is 3. The Kier molecular flexibility index (Phi) is 7.96. The smallest absolute Gasteiger partial charge is 0.404 e. The van der Waals surface area contributed by atoms with E-state index in [1.54, 1.807) is 4.90 Å². The molecule has 12 nitrogen and oxygen atoms in total. The van der Waals surface area contributed by atoms with E-state index < -0.39 is 36.5 Å². The van der Waals surface area contributed by atoms with E-state index in [-0.39, 0.29) is 42.6 Å². The van der Waals surface area contributed by atoms with Gasteiger partial charge in [-0.1, -0.05) is 13.8 Å². The molecule has 0 spiro atoms. The summed E-state index contributed by atoms with van der Waals surface area (Å²) < 4.78 is 18.2. The van der Waals surface area contributed by atoms with Gasteiger partial charge in [-0.05, 0) is 43.4 Å². The third-order valence-corrected chi connectivity index (χ3v) is 9.23. The lowest BCUT2D eigenvalue weighted by Crippen LogP contribution is -2.65. The van der Waals surface area contributed by atoms with Crippen LogP contribution in [0.4, 0.5) is 0 Å². The van der Waals surface area contributed by atoms with Crippen molar-refractivity contribution >= 4 is 24.8 Å². The lowest BCUT2D eigenvalue weighted by Gasteiger charge is -2.64. The molecule has 2 aliphatic heterocycles. The fourth-order valence-electron chi connectivity index (χ4n) is 6.74. The van der Waals surface area contributed by atoms with Gasteiger partial charge in [0.05, 0.1) is 43.5 Å². The standard InChI is InChI=1S/C26H38BN5O7/c1-25(2)16-12-19(25)26(3)20(13-16)38-27(39-26)21(4-9-33)31-23(35)17(14-22(34)32-7-10-37-11-8-32)30-24(36)18-15-28-5-6-29-18/h5-6,15-17,19-21,33H,4,7-14H2,1-3H3,(H,30,36)(H,31,35)/t16-,17?,19-,20+,21-,26-/m0/s1. The van der Waals surface area contributed by atoms with Crippen molar-refractivity contribution in [3.8, 4) is 0 Å². The third kappa shape index (κ3) is 5.41. The van der Waals surface area contributed by atoms with Gasteiger partial charge in [0, 0.05) is 32.1 Å². The lowest BCUT2D eigenvalue weighted by atomic mass is 9.43. The molecule has 3 saturated carbocycles. The number of aromatic nitrogens is 2. The molecule has 1 aromatic rings. The van der Waals surface area contributed by atoms with Crippen LogP contribution in [0.3, 0.4) is 0 Å². The van der Waals surface area contributed by atoms with E-state index in [2.05, 4.69) is 41.4 Å². The van der Waals surface area contributed by atoms with Crippen molar-refractivity contribution < 1.29 is 33.5 Å². The Hall–Kier alpha value is -2.61. The third-order valence-electron chi connectivity index (χ3n) is 9.23. The van der Waals surface area contributed by atoms with Crippen LogP contribution in [-0.2, 0) is 23.6 Å². The van der Waals surface area contributed by atoms with Crippen LogP contribution in [0.1, 0.15) is 56.9 Å². The molecule has 39 heavy (non-hydrogen) atoms. The van der Waals surface area contributed by atoms with Gasteiger partial charge < -0.3 is 34.7 Å². The molecule has 6 rings (SSSR count). The molecule has 0 radical (unpaired) electrons. The van der Waals surface area contributed by atoms with Crippen molar-refractivity contribution in [2.24, 2.45) is 17.3 Å². The van der Waals surface area contributed by atoms with Crippen LogP contribution in [0.25, 0.3) is 0 Å². The van der Waals surface area contributed by atoms with Gasteiger partial charge in [-0.3, -0.25) is 19.4 Å². The van der Waals surface area contributed by atoms with Gasteiger partial charge in [-0.25, -0.2) is 4.98 Å². The van der Waals surface area contributed by atoms with Crippen molar-refractivity contribution in [2.75, 3.05) is 32.9 Å². The zero-order valence-electron chi connectivity index (χ0n) is 22.8. The Balaban J connectivity index is 1.30. The second-order valence-electron chi connectivity index (χ2n) is 11.8. The van der Waals surface area contributed by atoms with Crippen LogP contribution in [0, 0.1) is 17.3 Å². The van der Waals surface area contributed by atoms with Crippen LogP contribution in [0.2, 0.25) is 0 Å². The topological polar surface area (TPSA) is 152 Å². The first-order chi connectivity index (χ1) is 18.6. The zero-order chi connectivity index (χ0) is 27.8. The molecule has 1 unspecified atom stereocenters. The fourth-order valence-corrected chi connectivity index (χ4v) is 6.74. The highest BCUT2D eigenvalue weighted by molar-refractivity contribution is 6.48. The molecule has 212 valence electrons. The summed E-state index contributed by atoms with van der Waals surface area (Å²) >= 11 is 0. The van der Waals surface area contributed by atoms with Crippen molar-refractivity contribution in [1.82, 2.24) is 25.5 Å². The van der Waals surface area contributed by atoms with E-state index in [9.17, 15) is 19.5 Å². The fraction of sp³-hybridized carbons (Fsp3) is 0.731. The minimum Gasteiger partial charge on any atom is -0.404 e. The number of ether oxygens (including phenoxy) is 1. The zero-order valence-corrected chi connectivity index (χ0v) is 22.8. The number of hydrogen-bond acceptors (Lipinski definition) is 9. The molecule has 13 heteroatoms. The summed E-state index contributed by atoms with van der Waals surface area (Å²) in [6.45, 7) is 8.10. The Labute approximate surface area is 228 Å². The van der Waals surface area contributed by atoms with Gasteiger partial charge in [0.1, 0.15) is 11.7 Å². The summed E-state index contributed by atoms with van der Waals surface area (Å²) in [7, 11) is -0.752. The molecule has 0 aromatic carbocycles. The van der Waals surface area contributed by atoms with E-state index in [1.165, 1.54) is 18.6 Å². The number of aliphatic hydroxyl groups is 1. The van der Waals surface area contributed by atoms with Crippen LogP contribution >= 0.6 is 0 Å². The van der Waals surface area contributed by atoms with Crippen molar-refractivity contribution in [2.45, 2.75) is 70.1 Å². The minimum atomic E-state index is -1.18. The molecule has 3 amide bonds. The van der Waals surface area contributed by atoms with Crippen molar-refractivity contribution in [3.63, 3.8) is 0 Å². The maximum absolute atomic E-state index is 13.6. The SMILES string of the molecule is CC1(C)[C@@H]2C[C@H]3OB([C@H](CCO)NC(=O)C(CC(=O)N4CCOCC4)NC(=O)c4cnccn4)O[C@@]3(C)[C@H]1C2. The van der Waals surface area contributed by atoms with Crippen molar-refractivity contribution in [1.29, 1.82) is 0 Å². The Morgan fingerprint density at radius 2 is 1.95 bits per heavy atom. The van der Waals surface area contributed by atoms with Crippen LogP contribution in [0.5, 0.6) is 0 Å². The largest absolute Gasteiger partial charge is 0.481 e. The van der Waals surface area contributed by atoms with Crippen LogP contribution in [-0.4, -0.2) is 101 Å². The summed E-state index contributed by atoms with van der Waals surface area (Å²) in [6, 6.07) is -1.18. The number of carbonyl (C=O) groups excluding carboxylic acids is 3. The molecular weight excluding hydrogens is 505 g/mol. The van der Waals surface area contributed by atoms with E-state index in [1.807, 2.05) is 0 Å². The maximum atomic E-state index is 13.6. The molecule has 5 fully saturated rings. The highest BCUT2D eigenvalue weighted by Crippen LogP contribution is 2.65. The molecule has 1 aromatic heterocycles. The van der Waals surface area contributed by atoms with E-state index in [0.717, 1.165) is 12.8 Å². The summed E-state index contributed by atoms with van der Waals surface area (Å²) in [5.41, 5.74) is -0.288. The first-order valence-corrected chi connectivity index (χ1v) is 13.8. The van der Waals surface area contributed by atoms with Crippen LogP contribution in [0.15, 0.2) is 18.6 Å². The van der Waals surface area contributed by atoms with Gasteiger partial charge in [0.2, 0.25) is 11.8 Å². The van der Waals surface area contributed by atoms with Gasteiger partial charge in [0.15, 0.2) is 0 Å². The maximum Gasteiger partial charge on any atom is 0.481 e. The van der Waals surface area contributed by atoms with Gasteiger partial charge in [0.25, 0.3) is 5.91 Å². The first kappa shape index (κ1) is 27.9. The summed E-state index contributed by atoms with van der Waals surface area (Å²) in [5, 5.41) is 15.4. The van der Waals surface area contributed by atoms with Gasteiger partial charge in [-0.2, -0.15) is 0 Å². The van der Waals surface area contributed by atoms with Gasteiger partial charge in [-0.15, -0.1) is 0 Å². The number of nitrogens with zero attached hydrogens (tertiary/aromatic N) is 3. The van der Waals surface area contributed by atoms with Gasteiger partial charge >= 0.3 is 7.12 Å². The number of nitrogens with one attached hydrogen (secondary N) is 2. The monoisotopic (exact) mass is 543 g/mol. The number of rotatable bonds is 9. The second-order valence-corrected chi connectivity index (χ2v) is 11.8. The quantitative estimate of drug-likeness (QED) is 0.364. The molecule has 3 heterocycles. The van der Waals surface area contributed by atoms with Crippen LogP contribution < -0.4 is 10.6 Å². The van der Waals surface area contributed by atoms with E-state index in [0.29, 0.717) is 38.1 Å². The van der Waals surface area contributed by atoms with Crippen molar-refractivity contribution in [3.05, 3.63) is 24.3 Å². The molecule has 5 aliphatic rings. The summed E-state index contributed by atoms with van der Waals surface area (Å²) in [6.07, 6.45) is 5.94. The molecule has 3 N–H and O–H groups in total. The van der Waals surface area contributed by atoms with E-state index in [4.69, 9.17) is 14.0 Å². The normalized spacial score (nSPS) is 30.5. The first-order valence-electron chi connectivity index (χ1n) is 13.8. The second kappa shape index (κ2) is 11.1. The molecule has 6 atom stereocenters. The number of morpholine rings is 1. The molecule has 2 bridgehead atoms. The Morgan fingerprint density at radius 1 is 1.18 bits per heavy atom. The highest BCUT2D eigenvalue weighted by Gasteiger charge is 2.68. The molecule has 2 saturated heterocycles. The highest BCUT2D eigenvalue weighted by atomic mass is 16.7. The predicted molar refractivity (Wildman–Crippen MR) is 139 cm³/mol. The summed E-state index contributed by atoms with van der Waals surface area (Å²) in [5.74, 6) is -1.21. The number of carbonyl (C=O) groups is 3. The average Bonchev–Trinajstić information content (AvgIpc) is 3.30. The number of amides is 3. The van der Waals surface area contributed by atoms with E-state index >= 15 is 0 Å². The predicted octanol–water partition coefficient (Wildman–Crippen LogP) is -0.0414. The average molecular weight is 543 g/mol. The molecular formula is C26H38BN5O7. The number of aliphatic hydroxyl groups excluding tert-OH is 1.